The van der Waals surface area contributed by atoms with Gasteiger partial charge in [-0.1, -0.05) is 6.07 Å². The predicted octanol–water partition coefficient (Wildman–Crippen LogP) is 2.21. The topological polar surface area (TPSA) is 67.6 Å². The van der Waals surface area contributed by atoms with Crippen molar-refractivity contribution in [1.82, 2.24) is 15.0 Å². The summed E-state index contributed by atoms with van der Waals surface area (Å²) in [6.07, 6.45) is 3.55. The first-order chi connectivity index (χ1) is 7.83. The minimum absolute atomic E-state index is 0.446. The third-order valence-corrected chi connectivity index (χ3v) is 2.52. The molecule has 3 aromatic rings. The van der Waals surface area contributed by atoms with Gasteiger partial charge in [-0.2, -0.15) is 0 Å². The number of aromatic amines is 1. The highest BCUT2D eigenvalue weighted by Gasteiger charge is 2.02. The lowest BCUT2D eigenvalue weighted by atomic mass is 10.1. The number of pyridine rings is 1. The van der Waals surface area contributed by atoms with Crippen LogP contribution in [0.3, 0.4) is 0 Å². The number of benzene rings is 1. The van der Waals surface area contributed by atoms with Crippen LogP contribution in [0.2, 0.25) is 0 Å². The fraction of sp³-hybridized carbons (Fsp3) is 0. The Bertz CT molecular complexity index is 628. The molecule has 0 aliphatic carbocycles. The number of hydrogen-bond donors (Lipinski definition) is 2. The van der Waals surface area contributed by atoms with Crippen LogP contribution in [0, 0.1) is 0 Å². The van der Waals surface area contributed by atoms with Gasteiger partial charge in [-0.25, -0.2) is 4.98 Å². The normalized spacial score (nSPS) is 10.8. The Kier molecular flexibility index (Phi) is 1.86. The van der Waals surface area contributed by atoms with Crippen LogP contribution in [0.4, 0.5) is 5.95 Å². The fourth-order valence-electron chi connectivity index (χ4n) is 1.75. The van der Waals surface area contributed by atoms with Crippen molar-refractivity contribution < 1.29 is 0 Å². The zero-order valence-corrected chi connectivity index (χ0v) is 8.51. The SMILES string of the molecule is Nc1nc2cc(-c3ccncc3)ccc2[nH]1. The first-order valence-electron chi connectivity index (χ1n) is 4.98. The van der Waals surface area contributed by atoms with E-state index in [1.54, 1.807) is 12.4 Å². The molecule has 78 valence electrons. The van der Waals surface area contributed by atoms with Crippen molar-refractivity contribution >= 4 is 17.0 Å². The minimum Gasteiger partial charge on any atom is -0.369 e. The first kappa shape index (κ1) is 8.91. The summed E-state index contributed by atoms with van der Waals surface area (Å²) in [5.41, 5.74) is 9.67. The summed E-state index contributed by atoms with van der Waals surface area (Å²) in [7, 11) is 0. The maximum absolute atomic E-state index is 5.60. The van der Waals surface area contributed by atoms with Crippen LogP contribution in [0.15, 0.2) is 42.7 Å². The monoisotopic (exact) mass is 210 g/mol. The molecule has 4 heteroatoms. The highest BCUT2D eigenvalue weighted by atomic mass is 15.0. The predicted molar refractivity (Wildman–Crippen MR) is 63.7 cm³/mol. The average molecular weight is 210 g/mol. The van der Waals surface area contributed by atoms with Gasteiger partial charge in [0, 0.05) is 12.4 Å². The smallest absolute Gasteiger partial charge is 0.198 e. The van der Waals surface area contributed by atoms with E-state index < -0.39 is 0 Å². The van der Waals surface area contributed by atoms with E-state index in [1.165, 1.54) is 0 Å². The van der Waals surface area contributed by atoms with Crippen molar-refractivity contribution in [3.05, 3.63) is 42.7 Å². The molecule has 0 unspecified atom stereocenters. The van der Waals surface area contributed by atoms with Gasteiger partial charge in [0.15, 0.2) is 5.95 Å². The van der Waals surface area contributed by atoms with Crippen LogP contribution in [0.25, 0.3) is 22.2 Å². The third kappa shape index (κ3) is 1.40. The van der Waals surface area contributed by atoms with Crippen LogP contribution in [0.5, 0.6) is 0 Å². The Morgan fingerprint density at radius 1 is 1.00 bits per heavy atom. The van der Waals surface area contributed by atoms with E-state index >= 15 is 0 Å². The Morgan fingerprint density at radius 2 is 1.81 bits per heavy atom. The maximum Gasteiger partial charge on any atom is 0.198 e. The second-order valence-corrected chi connectivity index (χ2v) is 3.59. The van der Waals surface area contributed by atoms with Gasteiger partial charge in [-0.05, 0) is 35.4 Å². The quantitative estimate of drug-likeness (QED) is 0.647. The molecule has 4 nitrogen and oxygen atoms in total. The van der Waals surface area contributed by atoms with Gasteiger partial charge >= 0.3 is 0 Å². The lowest BCUT2D eigenvalue weighted by Crippen LogP contribution is -1.84. The number of nitrogens with zero attached hydrogens (tertiary/aromatic N) is 2. The molecular weight excluding hydrogens is 200 g/mol. The maximum atomic E-state index is 5.60. The molecular formula is C12H10N4. The molecule has 0 aliphatic rings. The number of fused-ring (bicyclic) bond motifs is 1. The van der Waals surface area contributed by atoms with E-state index in [-0.39, 0.29) is 0 Å². The van der Waals surface area contributed by atoms with Crippen LogP contribution in [-0.2, 0) is 0 Å². The Labute approximate surface area is 92.2 Å². The molecule has 0 radical (unpaired) electrons. The van der Waals surface area contributed by atoms with Gasteiger partial charge < -0.3 is 10.7 Å². The summed E-state index contributed by atoms with van der Waals surface area (Å²) in [6.45, 7) is 0. The van der Waals surface area contributed by atoms with Crippen molar-refractivity contribution in [2.24, 2.45) is 0 Å². The Hall–Kier alpha value is -2.36. The largest absolute Gasteiger partial charge is 0.369 e. The van der Waals surface area contributed by atoms with Crippen molar-refractivity contribution in [3.63, 3.8) is 0 Å². The van der Waals surface area contributed by atoms with E-state index in [0.29, 0.717) is 5.95 Å². The molecule has 3 N–H and O–H groups in total. The standard InChI is InChI=1S/C12H10N4/c13-12-15-10-2-1-9(7-11(10)16-12)8-3-5-14-6-4-8/h1-7H,(H3,13,15,16). The summed E-state index contributed by atoms with van der Waals surface area (Å²) < 4.78 is 0. The molecule has 1 aromatic carbocycles. The minimum atomic E-state index is 0.446. The number of hydrogen-bond acceptors (Lipinski definition) is 3. The van der Waals surface area contributed by atoms with Crippen molar-refractivity contribution in [1.29, 1.82) is 0 Å². The Balaban J connectivity index is 2.18. The van der Waals surface area contributed by atoms with Gasteiger partial charge in [-0.15, -0.1) is 0 Å². The second kappa shape index (κ2) is 3.34. The summed E-state index contributed by atoms with van der Waals surface area (Å²) in [5, 5.41) is 0. The number of anilines is 1. The van der Waals surface area contributed by atoms with E-state index in [0.717, 1.165) is 22.2 Å². The summed E-state index contributed by atoms with van der Waals surface area (Å²) in [4.78, 5) is 11.2. The van der Waals surface area contributed by atoms with E-state index in [9.17, 15) is 0 Å². The number of rotatable bonds is 1. The Morgan fingerprint density at radius 3 is 2.62 bits per heavy atom. The number of imidazole rings is 1. The molecule has 0 amide bonds. The molecule has 0 fully saturated rings. The van der Waals surface area contributed by atoms with Crippen LogP contribution < -0.4 is 5.73 Å². The first-order valence-corrected chi connectivity index (χ1v) is 4.98. The molecule has 16 heavy (non-hydrogen) atoms. The van der Waals surface area contributed by atoms with E-state index in [4.69, 9.17) is 5.73 Å². The summed E-state index contributed by atoms with van der Waals surface area (Å²) >= 11 is 0. The molecule has 0 saturated carbocycles. The molecule has 2 heterocycles. The molecule has 2 aromatic heterocycles. The van der Waals surface area contributed by atoms with Crippen molar-refractivity contribution in [2.75, 3.05) is 5.73 Å². The molecule has 0 atom stereocenters. The van der Waals surface area contributed by atoms with Gasteiger partial charge in [0.2, 0.25) is 0 Å². The number of nitrogens with one attached hydrogen (secondary N) is 1. The summed E-state index contributed by atoms with van der Waals surface area (Å²) in [6, 6.07) is 9.97. The molecule has 0 aliphatic heterocycles. The zero-order valence-electron chi connectivity index (χ0n) is 8.51. The van der Waals surface area contributed by atoms with Crippen LogP contribution in [0.1, 0.15) is 0 Å². The van der Waals surface area contributed by atoms with Crippen molar-refractivity contribution in [3.8, 4) is 11.1 Å². The van der Waals surface area contributed by atoms with Gasteiger partial charge in [-0.3, -0.25) is 4.98 Å². The van der Waals surface area contributed by atoms with Gasteiger partial charge in [0.1, 0.15) is 0 Å². The lowest BCUT2D eigenvalue weighted by molar-refractivity contribution is 1.33. The number of nitrogen functional groups attached to an aromatic ring is 1. The number of nitrogens with two attached hydrogens (primary N) is 1. The molecule has 3 rings (SSSR count). The molecule has 0 saturated heterocycles. The van der Waals surface area contributed by atoms with Crippen LogP contribution >= 0.6 is 0 Å². The van der Waals surface area contributed by atoms with E-state index in [2.05, 4.69) is 15.0 Å². The highest BCUT2D eigenvalue weighted by Crippen LogP contribution is 2.22. The highest BCUT2D eigenvalue weighted by molar-refractivity contribution is 5.83. The molecule has 0 spiro atoms. The van der Waals surface area contributed by atoms with Crippen LogP contribution in [-0.4, -0.2) is 15.0 Å². The lowest BCUT2D eigenvalue weighted by Gasteiger charge is -1.99. The average Bonchev–Trinajstić information content (AvgIpc) is 2.69. The zero-order chi connectivity index (χ0) is 11.0. The third-order valence-electron chi connectivity index (χ3n) is 2.52. The summed E-state index contributed by atoms with van der Waals surface area (Å²) in [5.74, 6) is 0.446. The fourth-order valence-corrected chi connectivity index (χ4v) is 1.75. The second-order valence-electron chi connectivity index (χ2n) is 3.59. The van der Waals surface area contributed by atoms with Gasteiger partial charge in [0.25, 0.3) is 0 Å². The van der Waals surface area contributed by atoms with Gasteiger partial charge in [0.05, 0.1) is 11.0 Å². The number of H-pyrrole nitrogens is 1. The molecule has 0 bridgehead atoms. The van der Waals surface area contributed by atoms with E-state index in [1.807, 2.05) is 30.3 Å². The number of aromatic nitrogens is 3. The van der Waals surface area contributed by atoms with Crippen molar-refractivity contribution in [2.45, 2.75) is 0 Å².